The van der Waals surface area contributed by atoms with E-state index in [0.29, 0.717) is 16.8 Å². The van der Waals surface area contributed by atoms with Crippen molar-refractivity contribution >= 4 is 39.9 Å². The number of aryl methyl sites for hydroxylation is 1. The molecular weight excluding hydrogens is 444 g/mol. The number of ether oxygens (including phenoxy) is 1. The molecule has 9 heteroatoms. The molecule has 1 amide bonds. The summed E-state index contributed by atoms with van der Waals surface area (Å²) in [5, 5.41) is 20.9. The number of carbonyl (C=O) groups excluding carboxylic acids is 3. The Labute approximate surface area is 193 Å². The van der Waals surface area contributed by atoms with Crippen molar-refractivity contribution in [2.45, 2.75) is 19.9 Å². The lowest BCUT2D eigenvalue weighted by Crippen LogP contribution is -2.29. The van der Waals surface area contributed by atoms with E-state index < -0.39 is 23.7 Å². The Kier molecular flexibility index (Phi) is 5.97. The first kappa shape index (κ1) is 22.2. The van der Waals surface area contributed by atoms with Gasteiger partial charge >= 0.3 is 11.9 Å². The van der Waals surface area contributed by atoms with Crippen LogP contribution in [0.1, 0.15) is 39.5 Å². The second-order valence-corrected chi connectivity index (χ2v) is 8.24. The lowest BCUT2D eigenvalue weighted by atomic mass is 9.95. The molecular formula is C24H20N2O6S. The van der Waals surface area contributed by atoms with Gasteiger partial charge in [-0.15, -0.1) is 0 Å². The maximum atomic E-state index is 13.2. The first-order valence-corrected chi connectivity index (χ1v) is 10.9. The number of aliphatic hydroxyl groups excluding tert-OH is 1. The molecule has 0 radical (unpaired) electrons. The summed E-state index contributed by atoms with van der Waals surface area (Å²) >= 11 is 0.935. The number of rotatable bonds is 5. The number of aromatic nitrogens is 1. The zero-order chi connectivity index (χ0) is 23.7. The summed E-state index contributed by atoms with van der Waals surface area (Å²) in [7, 11) is 0. The first-order chi connectivity index (χ1) is 15.8. The van der Waals surface area contributed by atoms with E-state index >= 15 is 0 Å². The number of thiazole rings is 1. The summed E-state index contributed by atoms with van der Waals surface area (Å²) in [6, 6.07) is 13.4. The standard InChI is InChI=1S/C24H20N2O6S/c1-3-32-23(31)21-13(2)25-24(33-21)26-18(14-9-11-16(27)12-10-14)17(20(29)22(26)30)19(28)15-7-5-4-6-8-15/h4-12,18,27-28H,3H2,1-2H3/t18-/m0/s1. The van der Waals surface area contributed by atoms with Crippen LogP contribution < -0.4 is 4.90 Å². The highest BCUT2D eigenvalue weighted by molar-refractivity contribution is 7.17. The molecule has 1 aromatic heterocycles. The second-order valence-electron chi connectivity index (χ2n) is 7.26. The number of hydrogen-bond acceptors (Lipinski definition) is 8. The molecule has 2 N–H and O–H groups in total. The lowest BCUT2D eigenvalue weighted by molar-refractivity contribution is -0.132. The second kappa shape index (κ2) is 8.87. The third-order valence-corrected chi connectivity index (χ3v) is 6.29. The maximum absolute atomic E-state index is 13.2. The number of benzene rings is 2. The number of aromatic hydroxyl groups is 1. The zero-order valence-electron chi connectivity index (χ0n) is 17.8. The van der Waals surface area contributed by atoms with Gasteiger partial charge in [0.2, 0.25) is 0 Å². The molecule has 0 aliphatic carbocycles. The molecule has 3 aromatic rings. The van der Waals surface area contributed by atoms with Crippen molar-refractivity contribution in [3.05, 3.63) is 81.9 Å². The van der Waals surface area contributed by atoms with Crippen molar-refractivity contribution in [2.75, 3.05) is 11.5 Å². The van der Waals surface area contributed by atoms with Crippen molar-refractivity contribution in [3.8, 4) is 5.75 Å². The van der Waals surface area contributed by atoms with E-state index in [1.807, 2.05) is 0 Å². The largest absolute Gasteiger partial charge is 0.508 e. The van der Waals surface area contributed by atoms with Crippen molar-refractivity contribution in [1.82, 2.24) is 4.98 Å². The molecule has 1 atom stereocenters. The number of Topliss-reactive ketones (excluding diaryl/α,β-unsaturated/α-hetero) is 1. The summed E-state index contributed by atoms with van der Waals surface area (Å²) in [6.07, 6.45) is 0. The molecule has 0 unspecified atom stereocenters. The number of ketones is 1. The van der Waals surface area contributed by atoms with Crippen LogP contribution in [0.2, 0.25) is 0 Å². The Morgan fingerprint density at radius 2 is 1.79 bits per heavy atom. The van der Waals surface area contributed by atoms with Crippen molar-refractivity contribution in [3.63, 3.8) is 0 Å². The molecule has 1 aliphatic heterocycles. The Morgan fingerprint density at radius 1 is 1.12 bits per heavy atom. The molecule has 2 aromatic carbocycles. The normalized spacial score (nSPS) is 17.4. The average Bonchev–Trinajstić information content (AvgIpc) is 3.32. The summed E-state index contributed by atoms with van der Waals surface area (Å²) in [5.41, 5.74) is 1.11. The predicted molar refractivity (Wildman–Crippen MR) is 122 cm³/mol. The third kappa shape index (κ3) is 3.98. The van der Waals surface area contributed by atoms with Crippen LogP contribution in [-0.4, -0.2) is 39.5 Å². The topological polar surface area (TPSA) is 117 Å². The van der Waals surface area contributed by atoms with Crippen LogP contribution in [0.3, 0.4) is 0 Å². The molecule has 1 fully saturated rings. The van der Waals surface area contributed by atoms with E-state index in [0.717, 1.165) is 11.3 Å². The number of phenols is 1. The van der Waals surface area contributed by atoms with E-state index in [1.165, 1.54) is 17.0 Å². The number of hydrogen-bond donors (Lipinski definition) is 2. The maximum Gasteiger partial charge on any atom is 0.350 e. The fourth-order valence-electron chi connectivity index (χ4n) is 3.62. The van der Waals surface area contributed by atoms with Gasteiger partial charge in [-0.1, -0.05) is 53.8 Å². The Morgan fingerprint density at radius 3 is 2.42 bits per heavy atom. The summed E-state index contributed by atoms with van der Waals surface area (Å²) in [4.78, 5) is 44.3. The van der Waals surface area contributed by atoms with Gasteiger partial charge in [0.15, 0.2) is 5.13 Å². The van der Waals surface area contributed by atoms with E-state index in [1.54, 1.807) is 56.3 Å². The number of phenolic OH excluding ortho intramolecular Hbond substituents is 1. The molecule has 1 aliphatic rings. The van der Waals surface area contributed by atoms with Crippen LogP contribution in [0, 0.1) is 6.92 Å². The first-order valence-electron chi connectivity index (χ1n) is 10.1. The van der Waals surface area contributed by atoms with Crippen LogP contribution in [0.5, 0.6) is 5.75 Å². The Hall–Kier alpha value is -3.98. The monoisotopic (exact) mass is 464 g/mol. The SMILES string of the molecule is CCOC(=O)c1sc(N2C(=O)C(=O)C(=C(O)c3ccccc3)[C@@H]2c2ccc(O)cc2)nc1C. The van der Waals surface area contributed by atoms with Gasteiger partial charge in [0.05, 0.1) is 23.9 Å². The van der Waals surface area contributed by atoms with Gasteiger partial charge in [-0.3, -0.25) is 14.5 Å². The molecule has 168 valence electrons. The molecule has 0 saturated carbocycles. The zero-order valence-corrected chi connectivity index (χ0v) is 18.6. The van der Waals surface area contributed by atoms with E-state index in [-0.39, 0.29) is 33.7 Å². The predicted octanol–water partition coefficient (Wildman–Crippen LogP) is 3.96. The fourth-order valence-corrected chi connectivity index (χ4v) is 4.61. The van der Waals surface area contributed by atoms with Gasteiger partial charge < -0.3 is 14.9 Å². The van der Waals surface area contributed by atoms with E-state index in [4.69, 9.17) is 4.74 Å². The van der Waals surface area contributed by atoms with Gasteiger partial charge in [-0.25, -0.2) is 9.78 Å². The summed E-state index contributed by atoms with van der Waals surface area (Å²) in [5.74, 6) is -2.64. The molecule has 4 rings (SSSR count). The van der Waals surface area contributed by atoms with Crippen LogP contribution in [0.4, 0.5) is 5.13 Å². The molecule has 0 bridgehead atoms. The van der Waals surface area contributed by atoms with Crippen LogP contribution in [-0.2, 0) is 14.3 Å². The molecule has 8 nitrogen and oxygen atoms in total. The Balaban J connectivity index is 1.90. The number of carbonyl (C=O) groups is 3. The number of amides is 1. The third-order valence-electron chi connectivity index (χ3n) is 5.15. The highest BCUT2D eigenvalue weighted by atomic mass is 32.1. The van der Waals surface area contributed by atoms with Gasteiger partial charge in [0.1, 0.15) is 16.4 Å². The van der Waals surface area contributed by atoms with Gasteiger partial charge in [-0.05, 0) is 31.5 Å². The fraction of sp³-hybridized carbons (Fsp3) is 0.167. The van der Waals surface area contributed by atoms with E-state index in [2.05, 4.69) is 4.98 Å². The summed E-state index contributed by atoms with van der Waals surface area (Å²) < 4.78 is 5.06. The number of anilines is 1. The highest BCUT2D eigenvalue weighted by Gasteiger charge is 2.48. The minimum Gasteiger partial charge on any atom is -0.508 e. The molecule has 1 saturated heterocycles. The number of aliphatic hydroxyl groups is 1. The molecule has 2 heterocycles. The average molecular weight is 464 g/mol. The minimum absolute atomic E-state index is 0.00783. The summed E-state index contributed by atoms with van der Waals surface area (Å²) in [6.45, 7) is 3.48. The number of nitrogens with zero attached hydrogens (tertiary/aromatic N) is 2. The molecule has 33 heavy (non-hydrogen) atoms. The van der Waals surface area contributed by atoms with Gasteiger partial charge in [0, 0.05) is 5.56 Å². The van der Waals surface area contributed by atoms with Gasteiger partial charge in [-0.2, -0.15) is 0 Å². The Bertz CT molecular complexity index is 1260. The quantitative estimate of drug-likeness (QED) is 0.254. The molecule has 0 spiro atoms. The smallest absolute Gasteiger partial charge is 0.350 e. The van der Waals surface area contributed by atoms with Crippen molar-refractivity contribution in [2.24, 2.45) is 0 Å². The van der Waals surface area contributed by atoms with E-state index in [9.17, 15) is 24.6 Å². The van der Waals surface area contributed by atoms with Crippen molar-refractivity contribution in [1.29, 1.82) is 0 Å². The van der Waals surface area contributed by atoms with Crippen LogP contribution >= 0.6 is 11.3 Å². The lowest BCUT2D eigenvalue weighted by Gasteiger charge is -2.23. The van der Waals surface area contributed by atoms with Gasteiger partial charge in [0.25, 0.3) is 5.78 Å². The van der Waals surface area contributed by atoms with Crippen LogP contribution in [0.25, 0.3) is 5.76 Å². The highest BCUT2D eigenvalue weighted by Crippen LogP contribution is 2.44. The van der Waals surface area contributed by atoms with Crippen molar-refractivity contribution < 1.29 is 29.3 Å². The minimum atomic E-state index is -1.01. The van der Waals surface area contributed by atoms with Crippen LogP contribution in [0.15, 0.2) is 60.2 Å². The number of esters is 1.